The summed E-state index contributed by atoms with van der Waals surface area (Å²) in [6.07, 6.45) is 0. The molecule has 26 heavy (non-hydrogen) atoms. The molecule has 4 heteroatoms. The lowest BCUT2D eigenvalue weighted by molar-refractivity contribution is 0.414. The highest BCUT2D eigenvalue weighted by molar-refractivity contribution is 5.82. The molecule has 0 fully saturated rings. The lowest BCUT2D eigenvalue weighted by atomic mass is 10.1. The van der Waals surface area contributed by atoms with E-state index in [0.29, 0.717) is 22.6 Å². The molecular weight excluding hydrogens is 328 g/mol. The van der Waals surface area contributed by atoms with Crippen molar-refractivity contribution in [3.05, 3.63) is 89.3 Å². The van der Waals surface area contributed by atoms with E-state index < -0.39 is 0 Å². The summed E-state index contributed by atoms with van der Waals surface area (Å²) in [6.45, 7) is 0. The molecular formula is C22H16O4. The van der Waals surface area contributed by atoms with Crippen LogP contribution in [0.15, 0.2) is 88.1 Å². The average Bonchev–Trinajstić information content (AvgIpc) is 2.68. The number of methoxy groups -OCH3 is 1. The van der Waals surface area contributed by atoms with Crippen LogP contribution >= 0.6 is 0 Å². The molecule has 3 aromatic carbocycles. The Bertz CT molecular complexity index is 1100. The average molecular weight is 344 g/mol. The number of fused-ring (bicyclic) bond motifs is 1. The van der Waals surface area contributed by atoms with Gasteiger partial charge in [-0.1, -0.05) is 30.3 Å². The first-order chi connectivity index (χ1) is 12.7. The minimum absolute atomic E-state index is 0.387. The van der Waals surface area contributed by atoms with E-state index in [1.807, 2.05) is 72.8 Å². The van der Waals surface area contributed by atoms with Gasteiger partial charge in [0.25, 0.3) is 0 Å². The van der Waals surface area contributed by atoms with Crippen molar-refractivity contribution in [3.63, 3.8) is 0 Å². The number of hydrogen-bond donors (Lipinski definition) is 0. The first kappa shape index (κ1) is 16.0. The van der Waals surface area contributed by atoms with Gasteiger partial charge in [0.15, 0.2) is 0 Å². The van der Waals surface area contributed by atoms with Crippen LogP contribution in [0.4, 0.5) is 0 Å². The number of benzene rings is 3. The van der Waals surface area contributed by atoms with Crippen molar-refractivity contribution in [1.29, 1.82) is 0 Å². The number of ether oxygens (including phenoxy) is 2. The molecule has 0 saturated carbocycles. The summed E-state index contributed by atoms with van der Waals surface area (Å²) in [7, 11) is 1.58. The zero-order chi connectivity index (χ0) is 17.9. The van der Waals surface area contributed by atoms with E-state index in [4.69, 9.17) is 13.9 Å². The quantitative estimate of drug-likeness (QED) is 0.474. The Morgan fingerprint density at radius 3 is 2.19 bits per heavy atom. The molecule has 128 valence electrons. The Morgan fingerprint density at radius 1 is 0.769 bits per heavy atom. The van der Waals surface area contributed by atoms with Gasteiger partial charge in [-0.25, -0.2) is 4.79 Å². The summed E-state index contributed by atoms with van der Waals surface area (Å²) in [6, 6.07) is 24.1. The molecule has 0 aliphatic rings. The summed E-state index contributed by atoms with van der Waals surface area (Å²) < 4.78 is 16.4. The Balaban J connectivity index is 1.66. The third kappa shape index (κ3) is 3.17. The second-order valence-corrected chi connectivity index (χ2v) is 5.79. The summed E-state index contributed by atoms with van der Waals surface area (Å²) >= 11 is 0. The van der Waals surface area contributed by atoms with Gasteiger partial charge in [-0.15, -0.1) is 0 Å². The van der Waals surface area contributed by atoms with Gasteiger partial charge in [0.2, 0.25) is 0 Å². The van der Waals surface area contributed by atoms with E-state index in [1.165, 1.54) is 0 Å². The maximum absolute atomic E-state index is 12.4. The zero-order valence-corrected chi connectivity index (χ0v) is 14.1. The van der Waals surface area contributed by atoms with Crippen molar-refractivity contribution in [2.75, 3.05) is 7.11 Å². The maximum Gasteiger partial charge on any atom is 0.344 e. The van der Waals surface area contributed by atoms with Crippen molar-refractivity contribution in [3.8, 4) is 28.4 Å². The fourth-order valence-corrected chi connectivity index (χ4v) is 2.75. The van der Waals surface area contributed by atoms with Crippen LogP contribution in [0.3, 0.4) is 0 Å². The van der Waals surface area contributed by atoms with Gasteiger partial charge in [0.05, 0.1) is 12.7 Å². The fourth-order valence-electron chi connectivity index (χ4n) is 2.75. The molecule has 0 aliphatic heterocycles. The van der Waals surface area contributed by atoms with Crippen molar-refractivity contribution in [2.24, 2.45) is 0 Å². The van der Waals surface area contributed by atoms with Crippen LogP contribution in [0.25, 0.3) is 22.1 Å². The topological polar surface area (TPSA) is 48.7 Å². The third-order valence-electron chi connectivity index (χ3n) is 4.09. The molecule has 0 radical (unpaired) electrons. The van der Waals surface area contributed by atoms with Crippen LogP contribution in [-0.4, -0.2) is 7.11 Å². The Labute approximate surface area is 150 Å². The molecule has 0 bridgehead atoms. The molecule has 4 aromatic rings. The van der Waals surface area contributed by atoms with Crippen LogP contribution in [0, 0.1) is 0 Å². The second kappa shape index (κ2) is 6.76. The van der Waals surface area contributed by atoms with E-state index in [9.17, 15) is 4.79 Å². The van der Waals surface area contributed by atoms with E-state index in [-0.39, 0.29) is 5.63 Å². The summed E-state index contributed by atoms with van der Waals surface area (Å²) in [5.41, 5.74) is 1.40. The minimum Gasteiger partial charge on any atom is -0.497 e. The monoisotopic (exact) mass is 344 g/mol. The predicted molar refractivity (Wildman–Crippen MR) is 101 cm³/mol. The molecule has 0 N–H and O–H groups in total. The van der Waals surface area contributed by atoms with Crippen molar-refractivity contribution in [2.45, 2.75) is 0 Å². The first-order valence-corrected chi connectivity index (χ1v) is 8.18. The highest BCUT2D eigenvalue weighted by atomic mass is 16.5. The Morgan fingerprint density at radius 2 is 1.46 bits per heavy atom. The molecule has 0 aliphatic carbocycles. The van der Waals surface area contributed by atoms with Crippen molar-refractivity contribution < 1.29 is 13.9 Å². The SMILES string of the molecule is COc1ccc2cc(-c3ccc(Oc4ccccc4)cc3)c(=O)oc2c1. The van der Waals surface area contributed by atoms with Gasteiger partial charge in [-0.2, -0.15) is 0 Å². The highest BCUT2D eigenvalue weighted by Crippen LogP contribution is 2.27. The molecule has 1 aromatic heterocycles. The fraction of sp³-hybridized carbons (Fsp3) is 0.0455. The predicted octanol–water partition coefficient (Wildman–Crippen LogP) is 5.26. The Hall–Kier alpha value is -3.53. The largest absolute Gasteiger partial charge is 0.497 e. The van der Waals surface area contributed by atoms with Gasteiger partial charge in [-0.05, 0) is 48.0 Å². The maximum atomic E-state index is 12.4. The molecule has 0 amide bonds. The highest BCUT2D eigenvalue weighted by Gasteiger charge is 2.09. The van der Waals surface area contributed by atoms with Gasteiger partial charge in [-0.3, -0.25) is 0 Å². The van der Waals surface area contributed by atoms with Crippen LogP contribution in [0.1, 0.15) is 0 Å². The van der Waals surface area contributed by atoms with Crippen molar-refractivity contribution in [1.82, 2.24) is 0 Å². The van der Waals surface area contributed by atoms with Crippen LogP contribution in [-0.2, 0) is 0 Å². The summed E-state index contributed by atoms with van der Waals surface area (Å²) in [4.78, 5) is 12.4. The van der Waals surface area contributed by atoms with Gasteiger partial charge < -0.3 is 13.9 Å². The lowest BCUT2D eigenvalue weighted by Gasteiger charge is -2.07. The van der Waals surface area contributed by atoms with Crippen LogP contribution in [0.2, 0.25) is 0 Å². The number of rotatable bonds is 4. The van der Waals surface area contributed by atoms with Crippen molar-refractivity contribution >= 4 is 11.0 Å². The normalized spacial score (nSPS) is 10.7. The van der Waals surface area contributed by atoms with E-state index >= 15 is 0 Å². The molecule has 4 rings (SSSR count). The second-order valence-electron chi connectivity index (χ2n) is 5.79. The molecule has 0 atom stereocenters. The minimum atomic E-state index is -0.387. The van der Waals surface area contributed by atoms with E-state index in [2.05, 4.69) is 0 Å². The van der Waals surface area contributed by atoms with Gasteiger partial charge >= 0.3 is 5.63 Å². The van der Waals surface area contributed by atoms with E-state index in [1.54, 1.807) is 13.2 Å². The van der Waals surface area contributed by atoms with Crippen LogP contribution in [0.5, 0.6) is 17.2 Å². The van der Waals surface area contributed by atoms with E-state index in [0.717, 1.165) is 16.7 Å². The molecule has 4 nitrogen and oxygen atoms in total. The van der Waals surface area contributed by atoms with Gasteiger partial charge in [0.1, 0.15) is 22.8 Å². The number of hydrogen-bond acceptors (Lipinski definition) is 4. The summed E-state index contributed by atoms with van der Waals surface area (Å²) in [5, 5.41) is 0.838. The molecule has 0 saturated heterocycles. The lowest BCUT2D eigenvalue weighted by Crippen LogP contribution is -2.02. The van der Waals surface area contributed by atoms with Gasteiger partial charge in [0, 0.05) is 11.5 Å². The smallest absolute Gasteiger partial charge is 0.344 e. The Kier molecular flexibility index (Phi) is 4.15. The first-order valence-electron chi connectivity index (χ1n) is 8.18. The standard InChI is InChI=1S/C22H16O4/c1-24-19-12-9-16-13-20(22(23)26-21(16)14-19)15-7-10-18(11-8-15)25-17-5-3-2-4-6-17/h2-14H,1H3. The molecule has 1 heterocycles. The third-order valence-corrected chi connectivity index (χ3v) is 4.09. The zero-order valence-electron chi connectivity index (χ0n) is 14.1. The molecule has 0 spiro atoms. The van der Waals surface area contributed by atoms with Crippen LogP contribution < -0.4 is 15.1 Å². The summed E-state index contributed by atoms with van der Waals surface area (Å²) in [5.74, 6) is 2.12. The number of para-hydroxylation sites is 1. The molecule has 0 unspecified atom stereocenters.